The molecule has 0 amide bonds. The highest BCUT2D eigenvalue weighted by atomic mass is 19.4. The molecule has 6 fully saturated rings. The van der Waals surface area contributed by atoms with Gasteiger partial charge < -0.3 is 38.3 Å². The Morgan fingerprint density at radius 1 is 0.797 bits per heavy atom. The molecule has 0 radical (unpaired) electrons. The number of halogens is 12. The minimum absolute atomic E-state index is 0.00356. The topological polar surface area (TPSA) is 84.8 Å². The first-order valence-electron chi connectivity index (χ1n) is 19.6. The Bertz CT molecular complexity index is 1470. The maximum absolute atomic E-state index is 14.3. The first-order valence-corrected chi connectivity index (χ1v) is 19.6. The Labute approximate surface area is 335 Å². The van der Waals surface area contributed by atoms with Crippen molar-refractivity contribution in [1.82, 2.24) is 0 Å². The number of alkyl halides is 12. The maximum Gasteiger partial charge on any atom is 0.453 e. The zero-order valence-corrected chi connectivity index (χ0v) is 33.7. The molecule has 7 aliphatic rings. The summed E-state index contributed by atoms with van der Waals surface area (Å²) in [6.07, 6.45) is -14.5. The SMILES string of the molecule is C=CC12CC3CC(C(C)(C)OC(OCCOC)(C(F)(F)F)C(F)(F)F)(CC(C1)C3C(C)(C)OC(O)(C(F)(F)F)C(F)(F)F)C2.CC1(OC2CCCCO2)OC2C=CC1C2. The van der Waals surface area contributed by atoms with Gasteiger partial charge in [-0.05, 0) is 116 Å². The molecule has 2 saturated heterocycles. The van der Waals surface area contributed by atoms with Crippen LogP contribution in [-0.4, -0.2) is 97.7 Å². The van der Waals surface area contributed by atoms with Crippen LogP contribution in [0, 0.1) is 34.5 Å². The van der Waals surface area contributed by atoms with Crippen molar-refractivity contribution in [3.63, 3.8) is 0 Å². The molecule has 1 N–H and O–H groups in total. The van der Waals surface area contributed by atoms with Gasteiger partial charge in [0.05, 0.1) is 30.5 Å². The predicted octanol–water partition coefficient (Wildman–Crippen LogP) is 10.1. The van der Waals surface area contributed by atoms with E-state index in [0.29, 0.717) is 5.92 Å². The zero-order valence-electron chi connectivity index (χ0n) is 33.7. The van der Waals surface area contributed by atoms with Crippen molar-refractivity contribution in [2.45, 2.75) is 158 Å². The second-order valence-corrected chi connectivity index (χ2v) is 18.1. The summed E-state index contributed by atoms with van der Waals surface area (Å²) >= 11 is 0. The molecule has 0 aromatic rings. The van der Waals surface area contributed by atoms with Gasteiger partial charge in [-0.25, -0.2) is 0 Å². The summed E-state index contributed by atoms with van der Waals surface area (Å²) in [5, 5.41) is 9.78. The van der Waals surface area contributed by atoms with Crippen LogP contribution in [0.5, 0.6) is 0 Å². The lowest BCUT2D eigenvalue weighted by Crippen LogP contribution is -2.71. The van der Waals surface area contributed by atoms with Gasteiger partial charge in [0.1, 0.15) is 0 Å². The van der Waals surface area contributed by atoms with E-state index in [0.717, 1.165) is 60.7 Å². The quantitative estimate of drug-likeness (QED) is 0.0848. The number of ether oxygens (including phenoxy) is 7. The fourth-order valence-electron chi connectivity index (χ4n) is 10.9. The minimum Gasteiger partial charge on any atom is -0.382 e. The summed E-state index contributed by atoms with van der Waals surface area (Å²) in [6, 6.07) is 0. The van der Waals surface area contributed by atoms with Gasteiger partial charge in [0.15, 0.2) is 12.1 Å². The van der Waals surface area contributed by atoms with Crippen LogP contribution in [0.4, 0.5) is 52.7 Å². The molecule has 5 aliphatic carbocycles. The molecular formula is C39H54F12O8. The largest absolute Gasteiger partial charge is 0.453 e. The molecule has 6 unspecified atom stereocenters. The number of hydrogen-bond donors (Lipinski definition) is 1. The molecule has 20 heteroatoms. The number of fused-ring (bicyclic) bond motifs is 2. The van der Waals surface area contributed by atoms with Crippen LogP contribution in [-0.2, 0) is 33.2 Å². The Morgan fingerprint density at radius 3 is 1.80 bits per heavy atom. The van der Waals surface area contributed by atoms with Gasteiger partial charge in [-0.2, -0.15) is 52.7 Å². The van der Waals surface area contributed by atoms with E-state index < -0.39 is 95.1 Å². The van der Waals surface area contributed by atoms with Crippen molar-refractivity contribution in [2.75, 3.05) is 26.9 Å². The van der Waals surface area contributed by atoms with Gasteiger partial charge in [-0.15, -0.1) is 6.58 Å². The number of allylic oxidation sites excluding steroid dienone is 1. The zero-order chi connectivity index (χ0) is 44.5. The lowest BCUT2D eigenvalue weighted by molar-refractivity contribution is -0.496. The molecule has 2 aliphatic heterocycles. The lowest BCUT2D eigenvalue weighted by atomic mass is 9.37. The second kappa shape index (κ2) is 15.8. The molecule has 59 heavy (non-hydrogen) atoms. The Kier molecular flexibility index (Phi) is 13.0. The summed E-state index contributed by atoms with van der Waals surface area (Å²) in [4.78, 5) is 0. The summed E-state index contributed by atoms with van der Waals surface area (Å²) < 4.78 is 203. The number of hydrogen-bond acceptors (Lipinski definition) is 8. The van der Waals surface area contributed by atoms with Gasteiger partial charge >= 0.3 is 36.3 Å². The normalized spacial score (nSPS) is 35.2. The minimum atomic E-state index is -6.28. The first kappa shape index (κ1) is 48.4. The van der Waals surface area contributed by atoms with Gasteiger partial charge in [0, 0.05) is 25.0 Å². The van der Waals surface area contributed by atoms with Crippen LogP contribution in [0.2, 0.25) is 0 Å². The smallest absolute Gasteiger partial charge is 0.382 e. The molecule has 2 heterocycles. The molecule has 0 aromatic carbocycles. The molecule has 0 spiro atoms. The van der Waals surface area contributed by atoms with Crippen LogP contribution >= 0.6 is 0 Å². The third-order valence-electron chi connectivity index (χ3n) is 13.4. The molecule has 0 aromatic heterocycles. The van der Waals surface area contributed by atoms with E-state index in [4.69, 9.17) is 18.9 Å². The van der Waals surface area contributed by atoms with E-state index in [1.807, 2.05) is 6.92 Å². The van der Waals surface area contributed by atoms with Crippen LogP contribution in [0.25, 0.3) is 0 Å². The second-order valence-electron chi connectivity index (χ2n) is 18.1. The van der Waals surface area contributed by atoms with E-state index in [1.165, 1.54) is 12.5 Å². The first-order chi connectivity index (χ1) is 26.8. The highest BCUT2D eigenvalue weighted by molar-refractivity contribution is 5.21. The van der Waals surface area contributed by atoms with E-state index in [-0.39, 0.29) is 44.5 Å². The van der Waals surface area contributed by atoms with Gasteiger partial charge in [0.2, 0.25) is 0 Å². The third-order valence-corrected chi connectivity index (χ3v) is 13.4. The lowest BCUT2D eigenvalue weighted by Gasteiger charge is -2.70. The van der Waals surface area contributed by atoms with Crippen molar-refractivity contribution in [3.8, 4) is 0 Å². The molecule has 6 bridgehead atoms. The standard InChI is InChI=1S/C27H36F12O5.C12H18O3/c1-7-20-10-15-12-21(14-20,19(4,5)44-23(26(34,35)36,27(37,38)39)42-9-8-41-6)13-16(11-20)17(15)18(2,3)43-22(40,24(28,29)30)25(31,32)33;1-12(9-5-6-10(8-9)14-12)15-11-4-2-3-7-13-11/h7,15-17,40H,1,8-14H2,2-6H3;5-6,9-11H,2-4,7-8H2,1H3. The number of methoxy groups -OCH3 is 1. The molecule has 6 atom stereocenters. The fraction of sp³-hybridized carbons (Fsp3) is 0.897. The van der Waals surface area contributed by atoms with E-state index in [9.17, 15) is 57.8 Å². The van der Waals surface area contributed by atoms with E-state index in [1.54, 1.807) is 0 Å². The molecule has 7 rings (SSSR count). The highest BCUT2D eigenvalue weighted by Crippen LogP contribution is 2.73. The number of rotatable bonds is 13. The molecular weight excluding hydrogens is 824 g/mol. The fourth-order valence-corrected chi connectivity index (χ4v) is 10.9. The van der Waals surface area contributed by atoms with Gasteiger partial charge in [-0.1, -0.05) is 18.2 Å². The monoisotopic (exact) mass is 878 g/mol. The summed E-state index contributed by atoms with van der Waals surface area (Å²) in [6.45, 7) is 8.81. The average Bonchev–Trinajstić information content (AvgIpc) is 3.66. The van der Waals surface area contributed by atoms with Crippen molar-refractivity contribution in [3.05, 3.63) is 24.8 Å². The number of aliphatic hydroxyl groups is 1. The van der Waals surface area contributed by atoms with E-state index >= 15 is 0 Å². The van der Waals surface area contributed by atoms with Crippen molar-refractivity contribution in [2.24, 2.45) is 34.5 Å². The predicted molar refractivity (Wildman–Crippen MR) is 184 cm³/mol. The molecule has 342 valence electrons. The third kappa shape index (κ3) is 8.81. The Hall–Kier alpha value is -1.68. The Morgan fingerprint density at radius 2 is 1.37 bits per heavy atom. The molecule has 4 saturated carbocycles. The van der Waals surface area contributed by atoms with Gasteiger partial charge in [0.25, 0.3) is 0 Å². The van der Waals surface area contributed by atoms with Crippen LogP contribution in [0.1, 0.15) is 92.4 Å². The van der Waals surface area contributed by atoms with Gasteiger partial charge in [-0.3, -0.25) is 0 Å². The summed E-state index contributed by atoms with van der Waals surface area (Å²) in [7, 11) is 1.03. The average molecular weight is 879 g/mol. The van der Waals surface area contributed by atoms with Crippen molar-refractivity contribution >= 4 is 0 Å². The van der Waals surface area contributed by atoms with Crippen LogP contribution in [0.15, 0.2) is 24.8 Å². The maximum atomic E-state index is 14.3. The van der Waals surface area contributed by atoms with E-state index in [2.05, 4.69) is 32.9 Å². The van der Waals surface area contributed by atoms with Crippen LogP contribution < -0.4 is 0 Å². The van der Waals surface area contributed by atoms with Crippen molar-refractivity contribution < 1.29 is 90.9 Å². The van der Waals surface area contributed by atoms with Crippen molar-refractivity contribution in [1.29, 1.82) is 0 Å². The summed E-state index contributed by atoms with van der Waals surface area (Å²) in [5.41, 5.74) is -6.96. The van der Waals surface area contributed by atoms with Crippen LogP contribution in [0.3, 0.4) is 0 Å². The summed E-state index contributed by atoms with van der Waals surface area (Å²) in [5.74, 6) is -13.5. The molecule has 8 nitrogen and oxygen atoms in total. The Balaban J connectivity index is 0.000000363. The highest BCUT2D eigenvalue weighted by Gasteiger charge is 2.79.